The Balaban J connectivity index is 1.45. The van der Waals surface area contributed by atoms with E-state index < -0.39 is 0 Å². The minimum Gasteiger partial charge on any atom is -0.494 e. The Morgan fingerprint density at radius 1 is 0.935 bits per heavy atom. The van der Waals surface area contributed by atoms with Gasteiger partial charge >= 0.3 is 6.03 Å². The number of nitrogens with zero attached hydrogens (tertiary/aromatic N) is 2. The highest BCUT2D eigenvalue weighted by Crippen LogP contribution is 2.17. The molecule has 1 aromatic heterocycles. The van der Waals surface area contributed by atoms with Crippen molar-refractivity contribution in [3.8, 4) is 5.75 Å². The summed E-state index contributed by atoms with van der Waals surface area (Å²) in [5, 5.41) is 12.0. The molecular weight excluding hydrogens is 392 g/mol. The summed E-state index contributed by atoms with van der Waals surface area (Å²) < 4.78 is 5.39. The van der Waals surface area contributed by atoms with E-state index in [9.17, 15) is 4.79 Å². The smallest absolute Gasteiger partial charge is 0.319 e. The Hall–Kier alpha value is -3.81. The average Bonchev–Trinajstić information content (AvgIpc) is 2.74. The Morgan fingerprint density at radius 2 is 1.65 bits per heavy atom. The molecule has 0 atom stereocenters. The number of ether oxygens (including phenoxy) is 1. The number of nitrogens with one attached hydrogen (secondary N) is 4. The summed E-state index contributed by atoms with van der Waals surface area (Å²) in [6.07, 6.45) is 0. The number of aromatic nitrogens is 2. The summed E-state index contributed by atoms with van der Waals surface area (Å²) in [5.41, 5.74) is 3.70. The zero-order valence-corrected chi connectivity index (χ0v) is 18.0. The van der Waals surface area contributed by atoms with E-state index in [1.54, 1.807) is 12.1 Å². The molecule has 0 unspecified atom stereocenters. The fourth-order valence-electron chi connectivity index (χ4n) is 2.82. The van der Waals surface area contributed by atoms with Crippen LogP contribution in [0.25, 0.3) is 0 Å². The minimum absolute atomic E-state index is 0.280. The number of hydrogen-bond donors (Lipinski definition) is 4. The van der Waals surface area contributed by atoms with E-state index in [0.29, 0.717) is 37.1 Å². The quantitative estimate of drug-likeness (QED) is 0.381. The van der Waals surface area contributed by atoms with Crippen LogP contribution in [-0.4, -0.2) is 35.7 Å². The number of aryl methyl sites for hydroxylation is 2. The summed E-state index contributed by atoms with van der Waals surface area (Å²) in [5.74, 6) is 1.98. The van der Waals surface area contributed by atoms with Crippen molar-refractivity contribution in [1.82, 2.24) is 15.3 Å². The van der Waals surface area contributed by atoms with Gasteiger partial charge in [0.1, 0.15) is 11.6 Å². The summed E-state index contributed by atoms with van der Waals surface area (Å²) in [7, 11) is 0. The Morgan fingerprint density at radius 3 is 2.35 bits per heavy atom. The van der Waals surface area contributed by atoms with Crippen LogP contribution in [0.5, 0.6) is 5.75 Å². The molecule has 0 bridgehead atoms. The van der Waals surface area contributed by atoms with Gasteiger partial charge in [-0.05, 0) is 57.2 Å². The van der Waals surface area contributed by atoms with Crippen LogP contribution in [0.2, 0.25) is 0 Å². The molecular formula is C23H28N6O2. The molecule has 4 N–H and O–H groups in total. The predicted molar refractivity (Wildman–Crippen MR) is 124 cm³/mol. The highest BCUT2D eigenvalue weighted by atomic mass is 16.5. The van der Waals surface area contributed by atoms with Crippen molar-refractivity contribution in [1.29, 1.82) is 0 Å². The molecule has 8 heteroatoms. The second-order valence-corrected chi connectivity index (χ2v) is 6.97. The third-order valence-electron chi connectivity index (χ3n) is 4.30. The summed E-state index contributed by atoms with van der Waals surface area (Å²) in [6, 6.07) is 16.9. The van der Waals surface area contributed by atoms with Crippen LogP contribution in [0, 0.1) is 13.8 Å². The van der Waals surface area contributed by atoms with Gasteiger partial charge in [-0.1, -0.05) is 17.7 Å². The Labute approximate surface area is 182 Å². The van der Waals surface area contributed by atoms with Crippen molar-refractivity contribution < 1.29 is 9.53 Å². The molecule has 0 aliphatic heterocycles. The molecule has 0 saturated heterocycles. The van der Waals surface area contributed by atoms with Crippen LogP contribution in [-0.2, 0) is 0 Å². The summed E-state index contributed by atoms with van der Waals surface area (Å²) in [6.45, 7) is 7.40. The van der Waals surface area contributed by atoms with Gasteiger partial charge in [-0.3, -0.25) is 0 Å². The molecule has 1 heterocycles. The van der Waals surface area contributed by atoms with Crippen LogP contribution < -0.4 is 26.0 Å². The maximum absolute atomic E-state index is 12.0. The molecule has 162 valence electrons. The van der Waals surface area contributed by atoms with Gasteiger partial charge in [-0.25, -0.2) is 9.78 Å². The van der Waals surface area contributed by atoms with E-state index in [1.807, 2.05) is 63.2 Å². The van der Waals surface area contributed by atoms with E-state index in [2.05, 4.69) is 31.2 Å². The molecule has 0 aliphatic rings. The van der Waals surface area contributed by atoms with Gasteiger partial charge in [-0.2, -0.15) is 4.98 Å². The zero-order valence-electron chi connectivity index (χ0n) is 18.0. The van der Waals surface area contributed by atoms with E-state index >= 15 is 0 Å². The molecule has 0 radical (unpaired) electrons. The Kier molecular flexibility index (Phi) is 7.64. The molecule has 0 saturated carbocycles. The minimum atomic E-state index is -0.280. The lowest BCUT2D eigenvalue weighted by Crippen LogP contribution is -2.32. The second kappa shape index (κ2) is 10.8. The van der Waals surface area contributed by atoms with Gasteiger partial charge in [0.05, 0.1) is 6.61 Å². The third kappa shape index (κ3) is 7.18. The first-order valence-electron chi connectivity index (χ1n) is 10.2. The average molecular weight is 421 g/mol. The second-order valence-electron chi connectivity index (χ2n) is 6.97. The fourth-order valence-corrected chi connectivity index (χ4v) is 2.82. The number of benzene rings is 2. The van der Waals surface area contributed by atoms with Gasteiger partial charge in [0, 0.05) is 36.2 Å². The monoisotopic (exact) mass is 420 g/mol. The lowest BCUT2D eigenvalue weighted by molar-refractivity contribution is 0.252. The molecule has 3 rings (SSSR count). The van der Waals surface area contributed by atoms with Gasteiger partial charge in [0.25, 0.3) is 0 Å². The highest BCUT2D eigenvalue weighted by molar-refractivity contribution is 5.89. The first-order chi connectivity index (χ1) is 15.0. The van der Waals surface area contributed by atoms with Crippen molar-refractivity contribution in [2.75, 3.05) is 35.6 Å². The third-order valence-corrected chi connectivity index (χ3v) is 4.30. The summed E-state index contributed by atoms with van der Waals surface area (Å²) in [4.78, 5) is 20.9. The van der Waals surface area contributed by atoms with Crippen molar-refractivity contribution in [3.63, 3.8) is 0 Å². The first-order valence-corrected chi connectivity index (χ1v) is 10.2. The molecule has 31 heavy (non-hydrogen) atoms. The number of anilines is 4. The number of urea groups is 1. The van der Waals surface area contributed by atoms with E-state index in [-0.39, 0.29) is 6.03 Å². The van der Waals surface area contributed by atoms with Crippen LogP contribution in [0.3, 0.4) is 0 Å². The molecule has 0 aliphatic carbocycles. The predicted octanol–water partition coefficient (Wildman–Crippen LogP) is 4.47. The SMILES string of the molecule is CCOc1ccc(NC(=O)NCCNc2nc(C)cc(Nc3ccc(C)cc3)n2)cc1. The standard InChI is InChI=1S/C23H28N6O2/c1-4-31-20-11-9-19(10-12-20)28-23(30)25-14-13-24-22-26-17(3)15-21(29-22)27-18-7-5-16(2)6-8-18/h5-12,15H,4,13-14H2,1-3H3,(H2,25,28,30)(H2,24,26,27,29). The largest absolute Gasteiger partial charge is 0.494 e. The van der Waals surface area contributed by atoms with Crippen molar-refractivity contribution in [2.24, 2.45) is 0 Å². The number of hydrogen-bond acceptors (Lipinski definition) is 6. The van der Waals surface area contributed by atoms with Gasteiger partial charge in [-0.15, -0.1) is 0 Å². The topological polar surface area (TPSA) is 100 Å². The van der Waals surface area contributed by atoms with E-state index in [0.717, 1.165) is 17.1 Å². The number of amides is 2. The van der Waals surface area contributed by atoms with E-state index in [1.165, 1.54) is 5.56 Å². The maximum atomic E-state index is 12.0. The molecule has 0 spiro atoms. The molecule has 3 aromatic rings. The van der Waals surface area contributed by atoms with Gasteiger partial charge in [0.2, 0.25) is 5.95 Å². The van der Waals surface area contributed by atoms with Crippen molar-refractivity contribution in [3.05, 3.63) is 65.9 Å². The van der Waals surface area contributed by atoms with Crippen LogP contribution in [0.1, 0.15) is 18.2 Å². The van der Waals surface area contributed by atoms with Crippen molar-refractivity contribution >= 4 is 29.2 Å². The number of rotatable bonds is 9. The maximum Gasteiger partial charge on any atom is 0.319 e. The first kappa shape index (κ1) is 21.9. The van der Waals surface area contributed by atoms with Crippen LogP contribution in [0.4, 0.5) is 27.9 Å². The molecule has 2 aromatic carbocycles. The van der Waals surface area contributed by atoms with Crippen LogP contribution in [0.15, 0.2) is 54.6 Å². The molecule has 0 fully saturated rings. The molecule has 2 amide bonds. The van der Waals surface area contributed by atoms with Crippen molar-refractivity contribution in [2.45, 2.75) is 20.8 Å². The highest BCUT2D eigenvalue weighted by Gasteiger charge is 2.05. The lowest BCUT2D eigenvalue weighted by atomic mass is 10.2. The fraction of sp³-hybridized carbons (Fsp3) is 0.261. The van der Waals surface area contributed by atoms with Gasteiger partial charge in [0.15, 0.2) is 0 Å². The zero-order chi connectivity index (χ0) is 22.1. The summed E-state index contributed by atoms with van der Waals surface area (Å²) >= 11 is 0. The van der Waals surface area contributed by atoms with E-state index in [4.69, 9.17) is 4.74 Å². The van der Waals surface area contributed by atoms with Gasteiger partial charge < -0.3 is 26.0 Å². The molecule has 8 nitrogen and oxygen atoms in total. The lowest BCUT2D eigenvalue weighted by Gasteiger charge is -2.11. The Bertz CT molecular complexity index is 990. The number of carbonyl (C=O) groups excluding carboxylic acids is 1. The van der Waals surface area contributed by atoms with Crippen LogP contribution >= 0.6 is 0 Å². The number of carbonyl (C=O) groups is 1. The normalized spacial score (nSPS) is 10.3.